The van der Waals surface area contributed by atoms with Gasteiger partial charge in [0.2, 0.25) is 0 Å². The van der Waals surface area contributed by atoms with E-state index in [4.69, 9.17) is 4.74 Å². The number of hydrogen-bond donors (Lipinski definition) is 1. The topological polar surface area (TPSA) is 21.3 Å². The Morgan fingerprint density at radius 2 is 2.13 bits per heavy atom. The molecule has 2 rings (SSSR count). The molecule has 2 heteroatoms. The van der Waals surface area contributed by atoms with Gasteiger partial charge in [0.1, 0.15) is 0 Å². The monoisotopic (exact) mass is 211 g/mol. The summed E-state index contributed by atoms with van der Waals surface area (Å²) < 4.78 is 5.68. The van der Waals surface area contributed by atoms with Crippen molar-refractivity contribution in [2.24, 2.45) is 11.8 Å². The van der Waals surface area contributed by atoms with Crippen LogP contribution >= 0.6 is 0 Å². The van der Waals surface area contributed by atoms with Crippen molar-refractivity contribution < 1.29 is 4.74 Å². The van der Waals surface area contributed by atoms with E-state index < -0.39 is 0 Å². The van der Waals surface area contributed by atoms with E-state index in [9.17, 15) is 0 Å². The fourth-order valence-corrected chi connectivity index (χ4v) is 2.86. The van der Waals surface area contributed by atoms with E-state index in [0.717, 1.165) is 18.4 Å². The van der Waals surface area contributed by atoms with Gasteiger partial charge >= 0.3 is 0 Å². The molecule has 1 saturated heterocycles. The lowest BCUT2D eigenvalue weighted by molar-refractivity contribution is 0.0973. The first-order valence-corrected chi connectivity index (χ1v) is 6.60. The third-order valence-electron chi connectivity index (χ3n) is 4.19. The summed E-state index contributed by atoms with van der Waals surface area (Å²) in [4.78, 5) is 0. The Morgan fingerprint density at radius 3 is 2.67 bits per heavy atom. The van der Waals surface area contributed by atoms with E-state index in [0.29, 0.717) is 12.1 Å². The van der Waals surface area contributed by atoms with Gasteiger partial charge in [-0.15, -0.1) is 0 Å². The van der Waals surface area contributed by atoms with Crippen LogP contribution in [0.1, 0.15) is 45.4 Å². The Bertz CT molecular complexity index is 185. The summed E-state index contributed by atoms with van der Waals surface area (Å²) in [6, 6.07) is 0.710. The van der Waals surface area contributed by atoms with Crippen molar-refractivity contribution in [3.05, 3.63) is 0 Å². The zero-order valence-corrected chi connectivity index (χ0v) is 10.2. The highest BCUT2D eigenvalue weighted by Gasteiger charge is 2.32. The molecule has 0 spiro atoms. The minimum Gasteiger partial charge on any atom is -0.378 e. The Kier molecular flexibility index (Phi) is 4.04. The van der Waals surface area contributed by atoms with Gasteiger partial charge in [-0.05, 0) is 57.4 Å². The van der Waals surface area contributed by atoms with Crippen molar-refractivity contribution >= 4 is 0 Å². The SMILES string of the molecule is CNC(CCC1CCCO1)C(C)C1CC1. The van der Waals surface area contributed by atoms with E-state index in [1.165, 1.54) is 38.5 Å². The maximum absolute atomic E-state index is 5.68. The molecular formula is C13H25NO. The van der Waals surface area contributed by atoms with Gasteiger partial charge in [0, 0.05) is 12.6 Å². The molecule has 0 radical (unpaired) electrons. The molecule has 3 unspecified atom stereocenters. The largest absolute Gasteiger partial charge is 0.378 e. The summed E-state index contributed by atoms with van der Waals surface area (Å²) in [7, 11) is 2.11. The number of rotatable bonds is 6. The summed E-state index contributed by atoms with van der Waals surface area (Å²) in [5, 5.41) is 3.49. The average molecular weight is 211 g/mol. The van der Waals surface area contributed by atoms with Crippen LogP contribution in [0, 0.1) is 11.8 Å². The van der Waals surface area contributed by atoms with E-state index in [2.05, 4.69) is 19.3 Å². The standard InChI is InChI=1S/C13H25NO/c1-10(11-5-6-11)13(14-2)8-7-12-4-3-9-15-12/h10-14H,3-9H2,1-2H3. The summed E-state index contributed by atoms with van der Waals surface area (Å²) in [6.07, 6.45) is 8.58. The molecule has 0 aromatic heterocycles. The van der Waals surface area contributed by atoms with Crippen LogP contribution in [0.3, 0.4) is 0 Å². The van der Waals surface area contributed by atoms with Crippen molar-refractivity contribution in [3.8, 4) is 0 Å². The Labute approximate surface area is 93.8 Å². The van der Waals surface area contributed by atoms with Gasteiger partial charge in [0.05, 0.1) is 6.10 Å². The van der Waals surface area contributed by atoms with Crippen LogP contribution in [0.15, 0.2) is 0 Å². The molecule has 0 bridgehead atoms. The molecule has 3 atom stereocenters. The molecule has 1 N–H and O–H groups in total. The second kappa shape index (κ2) is 5.31. The molecule has 0 aromatic carbocycles. The molecule has 2 nitrogen and oxygen atoms in total. The lowest BCUT2D eigenvalue weighted by Crippen LogP contribution is -2.34. The molecule has 88 valence electrons. The highest BCUT2D eigenvalue weighted by molar-refractivity contribution is 4.86. The Balaban J connectivity index is 1.69. The van der Waals surface area contributed by atoms with Crippen molar-refractivity contribution in [2.75, 3.05) is 13.7 Å². The first kappa shape index (κ1) is 11.4. The Morgan fingerprint density at radius 1 is 1.33 bits per heavy atom. The minimum absolute atomic E-state index is 0.562. The Hall–Kier alpha value is -0.0800. The minimum atomic E-state index is 0.562. The fraction of sp³-hybridized carbons (Fsp3) is 1.00. The van der Waals surface area contributed by atoms with Crippen LogP contribution in [0.25, 0.3) is 0 Å². The van der Waals surface area contributed by atoms with Gasteiger partial charge in [0.25, 0.3) is 0 Å². The highest BCUT2D eigenvalue weighted by Crippen LogP contribution is 2.39. The maximum Gasteiger partial charge on any atom is 0.0576 e. The van der Waals surface area contributed by atoms with E-state index >= 15 is 0 Å². The van der Waals surface area contributed by atoms with Gasteiger partial charge < -0.3 is 10.1 Å². The van der Waals surface area contributed by atoms with E-state index in [1.54, 1.807) is 0 Å². The van der Waals surface area contributed by atoms with Gasteiger partial charge in [-0.2, -0.15) is 0 Å². The van der Waals surface area contributed by atoms with Crippen LogP contribution in [-0.4, -0.2) is 25.8 Å². The number of nitrogens with one attached hydrogen (secondary N) is 1. The first-order chi connectivity index (χ1) is 7.31. The highest BCUT2D eigenvalue weighted by atomic mass is 16.5. The summed E-state index contributed by atoms with van der Waals surface area (Å²) in [5.41, 5.74) is 0. The zero-order chi connectivity index (χ0) is 10.7. The van der Waals surface area contributed by atoms with Crippen molar-refractivity contribution in [3.63, 3.8) is 0 Å². The summed E-state index contributed by atoms with van der Waals surface area (Å²) in [5.74, 6) is 1.86. The third kappa shape index (κ3) is 3.18. The van der Waals surface area contributed by atoms with Crippen LogP contribution in [0.2, 0.25) is 0 Å². The lowest BCUT2D eigenvalue weighted by atomic mass is 9.92. The molecule has 15 heavy (non-hydrogen) atoms. The molecule has 0 aromatic rings. The predicted molar refractivity (Wildman–Crippen MR) is 62.9 cm³/mol. The molecule has 1 saturated carbocycles. The van der Waals surface area contributed by atoms with Crippen molar-refractivity contribution in [1.29, 1.82) is 0 Å². The predicted octanol–water partition coefficient (Wildman–Crippen LogP) is 2.58. The molecule has 2 aliphatic rings. The lowest BCUT2D eigenvalue weighted by Gasteiger charge is -2.24. The summed E-state index contributed by atoms with van der Waals surface area (Å²) in [6.45, 7) is 3.40. The molecule has 1 heterocycles. The second-order valence-corrected chi connectivity index (χ2v) is 5.30. The second-order valence-electron chi connectivity index (χ2n) is 5.30. The van der Waals surface area contributed by atoms with Gasteiger partial charge in [-0.25, -0.2) is 0 Å². The van der Waals surface area contributed by atoms with Crippen LogP contribution in [-0.2, 0) is 4.74 Å². The molecule has 1 aliphatic carbocycles. The van der Waals surface area contributed by atoms with Crippen LogP contribution in [0.4, 0.5) is 0 Å². The summed E-state index contributed by atoms with van der Waals surface area (Å²) >= 11 is 0. The molecule has 1 aliphatic heterocycles. The zero-order valence-electron chi connectivity index (χ0n) is 10.2. The van der Waals surface area contributed by atoms with Crippen molar-refractivity contribution in [1.82, 2.24) is 5.32 Å². The van der Waals surface area contributed by atoms with E-state index in [-0.39, 0.29) is 0 Å². The molecule has 0 amide bonds. The van der Waals surface area contributed by atoms with Crippen molar-refractivity contribution in [2.45, 2.75) is 57.6 Å². The van der Waals surface area contributed by atoms with Gasteiger partial charge in [0.15, 0.2) is 0 Å². The fourth-order valence-electron chi connectivity index (χ4n) is 2.86. The van der Waals surface area contributed by atoms with Crippen LogP contribution < -0.4 is 5.32 Å². The molecular weight excluding hydrogens is 186 g/mol. The van der Waals surface area contributed by atoms with E-state index in [1.807, 2.05) is 0 Å². The average Bonchev–Trinajstić information content (AvgIpc) is 2.97. The quantitative estimate of drug-likeness (QED) is 0.729. The van der Waals surface area contributed by atoms with Gasteiger partial charge in [-0.1, -0.05) is 6.92 Å². The number of ether oxygens (including phenoxy) is 1. The molecule has 2 fully saturated rings. The van der Waals surface area contributed by atoms with Gasteiger partial charge in [-0.3, -0.25) is 0 Å². The maximum atomic E-state index is 5.68. The third-order valence-corrected chi connectivity index (χ3v) is 4.19. The smallest absolute Gasteiger partial charge is 0.0576 e. The normalized spacial score (nSPS) is 30.4. The first-order valence-electron chi connectivity index (χ1n) is 6.60. The van der Waals surface area contributed by atoms with Crippen LogP contribution in [0.5, 0.6) is 0 Å². The number of hydrogen-bond acceptors (Lipinski definition) is 2.